The normalized spacial score (nSPS) is 10.8. The van der Waals surface area contributed by atoms with Gasteiger partial charge in [-0.05, 0) is 42.8 Å². The van der Waals surface area contributed by atoms with Crippen molar-refractivity contribution in [2.75, 3.05) is 20.3 Å². The Balaban J connectivity index is 1.34. The fourth-order valence-electron chi connectivity index (χ4n) is 3.07. The predicted octanol–water partition coefficient (Wildman–Crippen LogP) is 2.85. The number of ether oxygens (including phenoxy) is 2. The minimum Gasteiger partial charge on any atom is -0.497 e. The van der Waals surface area contributed by atoms with Gasteiger partial charge in [-0.2, -0.15) is 4.52 Å². The minimum absolute atomic E-state index is 0.0449. The van der Waals surface area contributed by atoms with Crippen molar-refractivity contribution in [3.63, 3.8) is 0 Å². The van der Waals surface area contributed by atoms with E-state index in [4.69, 9.17) is 9.47 Å². The number of fused-ring (bicyclic) bond motifs is 1. The lowest BCUT2D eigenvalue weighted by molar-refractivity contribution is -0.120. The lowest BCUT2D eigenvalue weighted by atomic mass is 10.1. The van der Waals surface area contributed by atoms with E-state index < -0.39 is 0 Å². The van der Waals surface area contributed by atoms with E-state index in [9.17, 15) is 4.79 Å². The molecule has 1 N–H and O–H groups in total. The first-order valence-corrected chi connectivity index (χ1v) is 9.94. The number of hydrogen-bond donors (Lipinski definition) is 1. The summed E-state index contributed by atoms with van der Waals surface area (Å²) >= 11 is 0. The van der Waals surface area contributed by atoms with Crippen LogP contribution in [0.2, 0.25) is 0 Å². The van der Waals surface area contributed by atoms with Crippen LogP contribution in [0.1, 0.15) is 11.1 Å². The second-order valence-corrected chi connectivity index (χ2v) is 7.05. The summed E-state index contributed by atoms with van der Waals surface area (Å²) in [4.78, 5) is 12.1. The van der Waals surface area contributed by atoms with Gasteiger partial charge in [0.25, 0.3) is 0 Å². The van der Waals surface area contributed by atoms with Gasteiger partial charge >= 0.3 is 0 Å². The average molecular weight is 417 g/mol. The highest BCUT2D eigenvalue weighted by Gasteiger charge is 2.11. The standard InChI is InChI=1S/C23H23N5O3/c1-16-3-5-17(6-4-16)15-21(29)24-13-14-31-22-12-11-20-25-26-23(28(20)27-22)18-7-9-19(30-2)10-8-18/h3-12H,13-15H2,1-2H3,(H,24,29). The Labute approximate surface area is 179 Å². The second-order valence-electron chi connectivity index (χ2n) is 7.05. The van der Waals surface area contributed by atoms with Crippen LogP contribution in [0.25, 0.3) is 17.0 Å². The van der Waals surface area contributed by atoms with Crippen LogP contribution in [-0.4, -0.2) is 46.0 Å². The van der Waals surface area contributed by atoms with E-state index in [1.165, 1.54) is 5.56 Å². The number of amides is 1. The molecule has 0 atom stereocenters. The topological polar surface area (TPSA) is 90.6 Å². The molecule has 8 heteroatoms. The molecular formula is C23H23N5O3. The summed E-state index contributed by atoms with van der Waals surface area (Å²) in [7, 11) is 1.62. The van der Waals surface area contributed by atoms with Crippen molar-refractivity contribution < 1.29 is 14.3 Å². The van der Waals surface area contributed by atoms with Crippen LogP contribution in [0.5, 0.6) is 11.6 Å². The Morgan fingerprint density at radius 2 is 1.77 bits per heavy atom. The number of benzene rings is 2. The van der Waals surface area contributed by atoms with Crippen LogP contribution >= 0.6 is 0 Å². The first kappa shape index (κ1) is 20.3. The summed E-state index contributed by atoms with van der Waals surface area (Å²) in [6.45, 7) is 2.71. The van der Waals surface area contributed by atoms with Crippen molar-refractivity contribution in [3.8, 4) is 23.0 Å². The molecule has 0 aliphatic heterocycles. The lowest BCUT2D eigenvalue weighted by Crippen LogP contribution is -2.29. The minimum atomic E-state index is -0.0449. The third-order valence-electron chi connectivity index (χ3n) is 4.75. The third-order valence-corrected chi connectivity index (χ3v) is 4.75. The summed E-state index contributed by atoms with van der Waals surface area (Å²) in [5, 5.41) is 15.7. The first-order valence-electron chi connectivity index (χ1n) is 9.94. The zero-order valence-corrected chi connectivity index (χ0v) is 17.4. The smallest absolute Gasteiger partial charge is 0.231 e. The summed E-state index contributed by atoms with van der Waals surface area (Å²) in [5.74, 6) is 1.75. The number of methoxy groups -OCH3 is 1. The largest absolute Gasteiger partial charge is 0.497 e. The van der Waals surface area contributed by atoms with Crippen molar-refractivity contribution >= 4 is 11.6 Å². The first-order chi connectivity index (χ1) is 15.1. The Morgan fingerprint density at radius 1 is 1.00 bits per heavy atom. The van der Waals surface area contributed by atoms with E-state index in [0.717, 1.165) is 16.9 Å². The Hall–Kier alpha value is -3.94. The van der Waals surface area contributed by atoms with Gasteiger partial charge in [0, 0.05) is 11.6 Å². The van der Waals surface area contributed by atoms with E-state index in [-0.39, 0.29) is 5.91 Å². The summed E-state index contributed by atoms with van der Waals surface area (Å²) in [6, 6.07) is 19.0. The van der Waals surface area contributed by atoms with Crippen molar-refractivity contribution in [2.45, 2.75) is 13.3 Å². The molecule has 158 valence electrons. The molecule has 0 radical (unpaired) electrons. The molecule has 0 saturated heterocycles. The summed E-state index contributed by atoms with van der Waals surface area (Å²) in [6.07, 6.45) is 0.344. The van der Waals surface area contributed by atoms with Crippen LogP contribution < -0.4 is 14.8 Å². The number of nitrogens with zero attached hydrogens (tertiary/aromatic N) is 4. The van der Waals surface area contributed by atoms with E-state index in [1.807, 2.05) is 55.5 Å². The molecule has 0 unspecified atom stereocenters. The lowest BCUT2D eigenvalue weighted by Gasteiger charge is -2.08. The highest BCUT2D eigenvalue weighted by molar-refractivity contribution is 5.78. The second kappa shape index (κ2) is 9.25. The Bertz CT molecular complexity index is 1170. The number of carbonyl (C=O) groups is 1. The summed E-state index contributed by atoms with van der Waals surface area (Å²) in [5.41, 5.74) is 3.63. The molecular weight excluding hydrogens is 394 g/mol. The SMILES string of the molecule is COc1ccc(-c2nnc3ccc(OCCNC(=O)Cc4ccc(C)cc4)nn23)cc1. The van der Waals surface area contributed by atoms with Gasteiger partial charge < -0.3 is 14.8 Å². The van der Waals surface area contributed by atoms with Crippen LogP contribution in [-0.2, 0) is 11.2 Å². The Morgan fingerprint density at radius 3 is 2.52 bits per heavy atom. The number of carbonyl (C=O) groups excluding carboxylic acids is 1. The monoisotopic (exact) mass is 417 g/mol. The molecule has 0 aliphatic carbocycles. The molecule has 8 nitrogen and oxygen atoms in total. The fraction of sp³-hybridized carbons (Fsp3) is 0.217. The molecule has 0 bridgehead atoms. The maximum atomic E-state index is 12.1. The van der Waals surface area contributed by atoms with Gasteiger partial charge in [0.15, 0.2) is 11.5 Å². The van der Waals surface area contributed by atoms with Gasteiger partial charge in [0.05, 0.1) is 20.1 Å². The molecule has 1 amide bonds. The molecule has 2 aromatic carbocycles. The van der Waals surface area contributed by atoms with E-state index >= 15 is 0 Å². The van der Waals surface area contributed by atoms with Crippen molar-refractivity contribution in [1.29, 1.82) is 0 Å². The van der Waals surface area contributed by atoms with Gasteiger partial charge in [-0.3, -0.25) is 4.79 Å². The van der Waals surface area contributed by atoms with Gasteiger partial charge in [0.2, 0.25) is 11.8 Å². The van der Waals surface area contributed by atoms with E-state index in [1.54, 1.807) is 23.8 Å². The molecule has 0 fully saturated rings. The van der Waals surface area contributed by atoms with E-state index in [2.05, 4.69) is 20.6 Å². The molecule has 31 heavy (non-hydrogen) atoms. The van der Waals surface area contributed by atoms with Gasteiger partial charge in [-0.15, -0.1) is 15.3 Å². The van der Waals surface area contributed by atoms with Crippen LogP contribution in [0.4, 0.5) is 0 Å². The van der Waals surface area contributed by atoms with Crippen molar-refractivity contribution in [1.82, 2.24) is 25.1 Å². The molecule has 4 rings (SSSR count). The molecule has 0 spiro atoms. The highest BCUT2D eigenvalue weighted by atomic mass is 16.5. The molecule has 2 aromatic heterocycles. The fourth-order valence-corrected chi connectivity index (χ4v) is 3.07. The average Bonchev–Trinajstić information content (AvgIpc) is 3.21. The Kier molecular flexibility index (Phi) is 6.07. The number of rotatable bonds is 8. The number of nitrogens with one attached hydrogen (secondary N) is 1. The summed E-state index contributed by atoms with van der Waals surface area (Å²) < 4.78 is 12.5. The van der Waals surface area contributed by atoms with Crippen LogP contribution in [0.3, 0.4) is 0 Å². The zero-order chi connectivity index (χ0) is 21.6. The maximum Gasteiger partial charge on any atom is 0.231 e. The molecule has 2 heterocycles. The van der Waals surface area contributed by atoms with Crippen LogP contribution in [0, 0.1) is 6.92 Å². The molecule has 4 aromatic rings. The number of hydrogen-bond acceptors (Lipinski definition) is 6. The molecule has 0 aliphatic rings. The third kappa shape index (κ3) is 4.98. The number of aryl methyl sites for hydroxylation is 1. The maximum absolute atomic E-state index is 12.1. The van der Waals surface area contributed by atoms with Gasteiger partial charge in [0.1, 0.15) is 12.4 Å². The van der Waals surface area contributed by atoms with Crippen molar-refractivity contribution in [2.24, 2.45) is 0 Å². The number of aromatic nitrogens is 4. The van der Waals surface area contributed by atoms with Crippen molar-refractivity contribution in [3.05, 3.63) is 71.8 Å². The van der Waals surface area contributed by atoms with Crippen LogP contribution in [0.15, 0.2) is 60.7 Å². The quantitative estimate of drug-likeness (QED) is 0.444. The van der Waals surface area contributed by atoms with E-state index in [0.29, 0.717) is 36.9 Å². The molecule has 0 saturated carbocycles. The predicted molar refractivity (Wildman–Crippen MR) is 116 cm³/mol. The van der Waals surface area contributed by atoms with Gasteiger partial charge in [-0.25, -0.2) is 0 Å². The zero-order valence-electron chi connectivity index (χ0n) is 17.4. The highest BCUT2D eigenvalue weighted by Crippen LogP contribution is 2.21. The van der Waals surface area contributed by atoms with Gasteiger partial charge in [-0.1, -0.05) is 29.8 Å².